The number of rotatable bonds is 4. The molecule has 0 atom stereocenters. The molecule has 0 radical (unpaired) electrons. The Bertz CT molecular complexity index is 776. The van der Waals surface area contributed by atoms with Gasteiger partial charge in [0, 0.05) is 16.4 Å². The molecule has 0 saturated heterocycles. The van der Waals surface area contributed by atoms with E-state index in [0.29, 0.717) is 21.4 Å². The first-order valence-corrected chi connectivity index (χ1v) is 8.54. The fraction of sp³-hybridized carbons (Fsp3) is 0.214. The molecule has 5 nitrogen and oxygen atoms in total. The summed E-state index contributed by atoms with van der Waals surface area (Å²) in [7, 11) is -3.65. The minimum Gasteiger partial charge on any atom is -0.398 e. The predicted octanol–water partition coefficient (Wildman–Crippen LogP) is 2.52. The molecule has 0 aliphatic rings. The summed E-state index contributed by atoms with van der Waals surface area (Å²) in [5.74, 6) is 0. The molecular weight excluding hydrogens is 354 g/mol. The van der Waals surface area contributed by atoms with Gasteiger partial charge in [-0.3, -0.25) is 4.98 Å². The summed E-state index contributed by atoms with van der Waals surface area (Å²) in [5, 5.41) is 0. The summed E-state index contributed by atoms with van der Waals surface area (Å²) in [6.07, 6.45) is 1.64. The minimum atomic E-state index is -3.65. The molecule has 0 fully saturated rings. The Morgan fingerprint density at radius 1 is 1.33 bits per heavy atom. The molecular formula is C14H16BrN3O2S. The SMILES string of the molecule is Cc1cccnc1CNS(=O)(=O)c1cc(Br)cc(N)c1C. The molecule has 2 rings (SSSR count). The molecule has 3 N–H and O–H groups in total. The second-order valence-corrected chi connectivity index (χ2v) is 7.36. The summed E-state index contributed by atoms with van der Waals surface area (Å²) in [6.45, 7) is 3.71. The molecule has 1 aromatic heterocycles. The number of hydrogen-bond donors (Lipinski definition) is 2. The van der Waals surface area contributed by atoms with Gasteiger partial charge in [0.2, 0.25) is 10.0 Å². The first-order valence-electron chi connectivity index (χ1n) is 6.27. The maximum absolute atomic E-state index is 12.4. The summed E-state index contributed by atoms with van der Waals surface area (Å²) >= 11 is 3.26. The summed E-state index contributed by atoms with van der Waals surface area (Å²) in [5.41, 5.74) is 8.41. The molecule has 0 amide bonds. The van der Waals surface area contributed by atoms with Crippen molar-refractivity contribution in [1.29, 1.82) is 0 Å². The van der Waals surface area contributed by atoms with Gasteiger partial charge in [-0.25, -0.2) is 13.1 Å². The Hall–Kier alpha value is -1.44. The number of benzene rings is 1. The van der Waals surface area contributed by atoms with Crippen LogP contribution in [0.2, 0.25) is 0 Å². The molecule has 7 heteroatoms. The molecule has 0 aliphatic heterocycles. The Kier molecular flexibility index (Phi) is 4.65. The number of nitrogens with one attached hydrogen (secondary N) is 1. The predicted molar refractivity (Wildman–Crippen MR) is 86.3 cm³/mol. The number of halogens is 1. The highest BCUT2D eigenvalue weighted by Gasteiger charge is 2.19. The number of anilines is 1. The third kappa shape index (κ3) is 3.61. The van der Waals surface area contributed by atoms with Crippen molar-refractivity contribution in [2.45, 2.75) is 25.3 Å². The Morgan fingerprint density at radius 3 is 2.71 bits per heavy atom. The number of aromatic nitrogens is 1. The van der Waals surface area contributed by atoms with Crippen LogP contribution in [0.25, 0.3) is 0 Å². The van der Waals surface area contributed by atoms with Crippen molar-refractivity contribution in [3.05, 3.63) is 51.8 Å². The highest BCUT2D eigenvalue weighted by Crippen LogP contribution is 2.26. The van der Waals surface area contributed by atoms with Crippen molar-refractivity contribution in [2.75, 3.05) is 5.73 Å². The normalized spacial score (nSPS) is 11.6. The highest BCUT2D eigenvalue weighted by atomic mass is 79.9. The van der Waals surface area contributed by atoms with E-state index in [1.807, 2.05) is 19.1 Å². The third-order valence-electron chi connectivity index (χ3n) is 3.20. The van der Waals surface area contributed by atoms with Gasteiger partial charge in [-0.1, -0.05) is 22.0 Å². The van der Waals surface area contributed by atoms with Gasteiger partial charge in [0.15, 0.2) is 0 Å². The number of hydrogen-bond acceptors (Lipinski definition) is 4. The van der Waals surface area contributed by atoms with E-state index in [2.05, 4.69) is 25.6 Å². The maximum Gasteiger partial charge on any atom is 0.241 e. The van der Waals surface area contributed by atoms with E-state index in [1.54, 1.807) is 25.3 Å². The minimum absolute atomic E-state index is 0.140. The van der Waals surface area contributed by atoms with Crippen molar-refractivity contribution >= 4 is 31.6 Å². The van der Waals surface area contributed by atoms with Crippen LogP contribution in [0.1, 0.15) is 16.8 Å². The first-order chi connectivity index (χ1) is 9.81. The average Bonchev–Trinajstić information content (AvgIpc) is 2.42. The molecule has 1 heterocycles. The van der Waals surface area contributed by atoms with Gasteiger partial charge in [0.05, 0.1) is 17.1 Å². The van der Waals surface area contributed by atoms with Crippen LogP contribution in [0.3, 0.4) is 0 Å². The highest BCUT2D eigenvalue weighted by molar-refractivity contribution is 9.10. The fourth-order valence-electron chi connectivity index (χ4n) is 1.90. The summed E-state index contributed by atoms with van der Waals surface area (Å²) in [4.78, 5) is 4.34. The van der Waals surface area contributed by atoms with E-state index in [1.165, 1.54) is 0 Å². The van der Waals surface area contributed by atoms with Gasteiger partial charge in [-0.15, -0.1) is 0 Å². The molecule has 112 valence electrons. The van der Waals surface area contributed by atoms with Crippen molar-refractivity contribution in [2.24, 2.45) is 0 Å². The second-order valence-electron chi connectivity index (χ2n) is 4.71. The summed E-state index contributed by atoms with van der Waals surface area (Å²) in [6, 6.07) is 6.92. The van der Waals surface area contributed by atoms with E-state index in [4.69, 9.17) is 5.73 Å². The zero-order valence-electron chi connectivity index (χ0n) is 11.7. The lowest BCUT2D eigenvalue weighted by atomic mass is 10.2. The lowest BCUT2D eigenvalue weighted by Crippen LogP contribution is -2.25. The number of nitrogens with two attached hydrogens (primary N) is 1. The number of nitrogens with zero attached hydrogens (tertiary/aromatic N) is 1. The third-order valence-corrected chi connectivity index (χ3v) is 5.19. The molecule has 21 heavy (non-hydrogen) atoms. The number of aryl methyl sites for hydroxylation is 1. The lowest BCUT2D eigenvalue weighted by molar-refractivity contribution is 0.579. The summed E-state index contributed by atoms with van der Waals surface area (Å²) < 4.78 is 28.0. The van der Waals surface area contributed by atoms with E-state index in [9.17, 15) is 8.42 Å². The molecule has 0 spiro atoms. The van der Waals surface area contributed by atoms with E-state index in [0.717, 1.165) is 5.56 Å². The van der Waals surface area contributed by atoms with Crippen LogP contribution >= 0.6 is 15.9 Å². The molecule has 0 saturated carbocycles. The number of pyridine rings is 1. The lowest BCUT2D eigenvalue weighted by Gasteiger charge is -2.12. The van der Waals surface area contributed by atoms with Crippen molar-refractivity contribution in [3.8, 4) is 0 Å². The van der Waals surface area contributed by atoms with E-state index in [-0.39, 0.29) is 11.4 Å². The van der Waals surface area contributed by atoms with Gasteiger partial charge in [0.1, 0.15) is 0 Å². The molecule has 0 bridgehead atoms. The molecule has 1 aromatic carbocycles. The van der Waals surface area contributed by atoms with Crippen LogP contribution in [0.4, 0.5) is 5.69 Å². The van der Waals surface area contributed by atoms with Crippen LogP contribution in [-0.2, 0) is 16.6 Å². The largest absolute Gasteiger partial charge is 0.398 e. The van der Waals surface area contributed by atoms with Crippen molar-refractivity contribution in [1.82, 2.24) is 9.71 Å². The second kappa shape index (κ2) is 6.13. The average molecular weight is 370 g/mol. The van der Waals surface area contributed by atoms with Crippen molar-refractivity contribution < 1.29 is 8.42 Å². The van der Waals surface area contributed by atoms with Gasteiger partial charge in [-0.2, -0.15) is 0 Å². The van der Waals surface area contributed by atoms with Gasteiger partial charge >= 0.3 is 0 Å². The van der Waals surface area contributed by atoms with Crippen LogP contribution in [0, 0.1) is 13.8 Å². The van der Waals surface area contributed by atoms with Gasteiger partial charge < -0.3 is 5.73 Å². The van der Waals surface area contributed by atoms with E-state index >= 15 is 0 Å². The van der Waals surface area contributed by atoms with Crippen LogP contribution in [0.5, 0.6) is 0 Å². The topological polar surface area (TPSA) is 85.1 Å². The van der Waals surface area contributed by atoms with Crippen LogP contribution in [-0.4, -0.2) is 13.4 Å². The zero-order chi connectivity index (χ0) is 15.6. The molecule has 0 aliphatic carbocycles. The number of nitrogen functional groups attached to an aromatic ring is 1. The standard InChI is InChI=1S/C14H16BrN3O2S/c1-9-4-3-5-17-13(9)8-18-21(19,20)14-7-11(15)6-12(16)10(14)2/h3-7,18H,8,16H2,1-2H3. The van der Waals surface area contributed by atoms with Gasteiger partial charge in [-0.05, 0) is 43.2 Å². The Labute approximate surface area is 132 Å². The quantitative estimate of drug-likeness (QED) is 0.810. The monoisotopic (exact) mass is 369 g/mol. The first kappa shape index (κ1) is 15.9. The van der Waals surface area contributed by atoms with E-state index < -0.39 is 10.0 Å². The zero-order valence-corrected chi connectivity index (χ0v) is 14.1. The maximum atomic E-state index is 12.4. The molecule has 0 unspecified atom stereocenters. The Balaban J connectivity index is 2.30. The van der Waals surface area contributed by atoms with Crippen LogP contribution < -0.4 is 10.5 Å². The molecule has 2 aromatic rings. The Morgan fingerprint density at radius 2 is 2.05 bits per heavy atom. The smallest absolute Gasteiger partial charge is 0.241 e. The van der Waals surface area contributed by atoms with Gasteiger partial charge in [0.25, 0.3) is 0 Å². The van der Waals surface area contributed by atoms with Crippen molar-refractivity contribution in [3.63, 3.8) is 0 Å². The fourth-order valence-corrected chi connectivity index (χ4v) is 3.81. The van der Waals surface area contributed by atoms with Crippen LogP contribution in [0.15, 0.2) is 39.8 Å². The number of sulfonamides is 1.